The molecule has 2 rings (SSSR count). The molecular formula is C15H22BrN3O2. The molecule has 0 aromatic heterocycles. The van der Waals surface area contributed by atoms with Crippen molar-refractivity contribution < 1.29 is 4.92 Å². The fourth-order valence-electron chi connectivity index (χ4n) is 2.96. The van der Waals surface area contributed by atoms with Gasteiger partial charge in [-0.2, -0.15) is 0 Å². The van der Waals surface area contributed by atoms with Gasteiger partial charge in [-0.1, -0.05) is 22.9 Å². The number of rotatable bonds is 5. The molecule has 1 saturated carbocycles. The highest BCUT2D eigenvalue weighted by Crippen LogP contribution is 2.27. The van der Waals surface area contributed by atoms with E-state index >= 15 is 0 Å². The van der Waals surface area contributed by atoms with Crippen LogP contribution in [0.2, 0.25) is 0 Å². The number of nitrogens with two attached hydrogens (primary N) is 1. The van der Waals surface area contributed by atoms with Gasteiger partial charge in [-0.15, -0.1) is 0 Å². The molecule has 0 aliphatic heterocycles. The molecule has 0 saturated heterocycles. The van der Waals surface area contributed by atoms with Crippen LogP contribution in [-0.4, -0.2) is 28.5 Å². The highest BCUT2D eigenvalue weighted by Gasteiger charge is 2.24. The minimum Gasteiger partial charge on any atom is -0.328 e. The Balaban J connectivity index is 2.06. The Bertz CT molecular complexity index is 502. The zero-order valence-electron chi connectivity index (χ0n) is 12.3. The molecule has 0 unspecified atom stereocenters. The van der Waals surface area contributed by atoms with E-state index in [0.717, 1.165) is 48.8 Å². The van der Waals surface area contributed by atoms with Crippen molar-refractivity contribution in [1.82, 2.24) is 4.90 Å². The average Bonchev–Trinajstić information content (AvgIpc) is 2.47. The van der Waals surface area contributed by atoms with Gasteiger partial charge in [-0.25, -0.2) is 0 Å². The van der Waals surface area contributed by atoms with Crippen molar-refractivity contribution >= 4 is 21.6 Å². The summed E-state index contributed by atoms with van der Waals surface area (Å²) in [6.45, 7) is 3.95. The van der Waals surface area contributed by atoms with Crippen LogP contribution in [0.25, 0.3) is 0 Å². The number of benzene rings is 1. The molecule has 0 heterocycles. The molecule has 1 fully saturated rings. The summed E-state index contributed by atoms with van der Waals surface area (Å²) in [4.78, 5) is 12.9. The Hall–Kier alpha value is -0.980. The summed E-state index contributed by atoms with van der Waals surface area (Å²) in [6, 6.07) is 5.92. The maximum absolute atomic E-state index is 10.8. The van der Waals surface area contributed by atoms with Crippen LogP contribution < -0.4 is 5.73 Å². The molecule has 0 bridgehead atoms. The van der Waals surface area contributed by atoms with Gasteiger partial charge in [0, 0.05) is 35.2 Å². The van der Waals surface area contributed by atoms with E-state index in [0.29, 0.717) is 12.1 Å². The number of nitrogens with zero attached hydrogens (tertiary/aromatic N) is 2. The normalized spacial score (nSPS) is 22.5. The van der Waals surface area contributed by atoms with Gasteiger partial charge >= 0.3 is 0 Å². The van der Waals surface area contributed by atoms with Gasteiger partial charge in [0.25, 0.3) is 5.69 Å². The SMILES string of the molecule is CCN(Cc1ccc([N+](=O)[O-])cc1Br)C1CCC(N)CC1. The van der Waals surface area contributed by atoms with Crippen LogP contribution in [0.5, 0.6) is 0 Å². The van der Waals surface area contributed by atoms with Crippen molar-refractivity contribution in [3.8, 4) is 0 Å². The van der Waals surface area contributed by atoms with E-state index < -0.39 is 0 Å². The second-order valence-corrected chi connectivity index (χ2v) is 6.52. The Labute approximate surface area is 133 Å². The molecule has 1 aromatic rings. The average molecular weight is 356 g/mol. The third-order valence-electron chi connectivity index (χ3n) is 4.28. The summed E-state index contributed by atoms with van der Waals surface area (Å²) in [5, 5.41) is 10.8. The van der Waals surface area contributed by atoms with Crippen LogP contribution in [0.3, 0.4) is 0 Å². The molecule has 0 atom stereocenters. The van der Waals surface area contributed by atoms with E-state index in [9.17, 15) is 10.1 Å². The van der Waals surface area contributed by atoms with Crippen LogP contribution in [0.15, 0.2) is 22.7 Å². The highest BCUT2D eigenvalue weighted by molar-refractivity contribution is 9.10. The molecule has 5 nitrogen and oxygen atoms in total. The molecule has 1 aliphatic carbocycles. The smallest absolute Gasteiger partial charge is 0.270 e. The van der Waals surface area contributed by atoms with Crippen LogP contribution in [-0.2, 0) is 6.54 Å². The summed E-state index contributed by atoms with van der Waals surface area (Å²) in [5.74, 6) is 0. The van der Waals surface area contributed by atoms with Gasteiger partial charge in [0.15, 0.2) is 0 Å². The minimum absolute atomic E-state index is 0.123. The van der Waals surface area contributed by atoms with Crippen molar-refractivity contribution in [2.45, 2.75) is 51.2 Å². The number of hydrogen-bond acceptors (Lipinski definition) is 4. The first-order chi connectivity index (χ1) is 10.0. The van der Waals surface area contributed by atoms with Gasteiger partial charge in [0.2, 0.25) is 0 Å². The summed E-state index contributed by atoms with van der Waals surface area (Å²) >= 11 is 3.46. The first kappa shape index (κ1) is 16.4. The largest absolute Gasteiger partial charge is 0.328 e. The number of non-ortho nitro benzene ring substituents is 1. The van der Waals surface area contributed by atoms with E-state index in [-0.39, 0.29) is 10.6 Å². The molecule has 0 amide bonds. The Kier molecular flexibility index (Phi) is 5.72. The molecule has 6 heteroatoms. The lowest BCUT2D eigenvalue weighted by Gasteiger charge is -2.35. The van der Waals surface area contributed by atoms with Crippen molar-refractivity contribution in [2.24, 2.45) is 5.73 Å². The molecule has 2 N–H and O–H groups in total. The lowest BCUT2D eigenvalue weighted by molar-refractivity contribution is -0.384. The Morgan fingerprint density at radius 2 is 2.05 bits per heavy atom. The fourth-order valence-corrected chi connectivity index (χ4v) is 3.45. The second kappa shape index (κ2) is 7.33. The molecule has 116 valence electrons. The maximum Gasteiger partial charge on any atom is 0.270 e. The fraction of sp³-hybridized carbons (Fsp3) is 0.600. The van der Waals surface area contributed by atoms with Crippen LogP contribution >= 0.6 is 15.9 Å². The number of halogens is 1. The topological polar surface area (TPSA) is 72.4 Å². The Morgan fingerprint density at radius 1 is 1.38 bits per heavy atom. The summed E-state index contributed by atoms with van der Waals surface area (Å²) < 4.78 is 0.808. The quantitative estimate of drug-likeness (QED) is 0.648. The monoisotopic (exact) mass is 355 g/mol. The molecule has 21 heavy (non-hydrogen) atoms. The lowest BCUT2D eigenvalue weighted by atomic mass is 9.90. The van der Waals surface area contributed by atoms with Crippen molar-refractivity contribution in [2.75, 3.05) is 6.54 Å². The standard InChI is InChI=1S/C15H22BrN3O2/c1-2-18(13-7-4-12(17)5-8-13)10-11-3-6-14(19(20)21)9-15(11)16/h3,6,9,12-13H,2,4-5,7-8,10,17H2,1H3. The molecule has 1 aliphatic rings. The molecule has 0 radical (unpaired) electrons. The molecular weight excluding hydrogens is 334 g/mol. The van der Waals surface area contributed by atoms with Gasteiger partial charge in [0.1, 0.15) is 0 Å². The predicted molar refractivity (Wildman–Crippen MR) is 87.1 cm³/mol. The summed E-state index contributed by atoms with van der Waals surface area (Å²) in [5.41, 5.74) is 7.19. The van der Waals surface area contributed by atoms with Crippen molar-refractivity contribution in [1.29, 1.82) is 0 Å². The van der Waals surface area contributed by atoms with Crippen LogP contribution in [0.4, 0.5) is 5.69 Å². The third kappa shape index (κ3) is 4.25. The zero-order valence-corrected chi connectivity index (χ0v) is 13.9. The first-order valence-electron chi connectivity index (χ1n) is 7.43. The van der Waals surface area contributed by atoms with Crippen LogP contribution in [0, 0.1) is 10.1 Å². The van der Waals surface area contributed by atoms with Crippen molar-refractivity contribution in [3.05, 3.63) is 38.3 Å². The first-order valence-corrected chi connectivity index (χ1v) is 8.23. The van der Waals surface area contributed by atoms with Gasteiger partial charge < -0.3 is 5.73 Å². The van der Waals surface area contributed by atoms with Gasteiger partial charge in [0.05, 0.1) is 4.92 Å². The third-order valence-corrected chi connectivity index (χ3v) is 5.02. The second-order valence-electron chi connectivity index (χ2n) is 5.66. The van der Waals surface area contributed by atoms with Gasteiger partial charge in [-0.05, 0) is 43.9 Å². The van der Waals surface area contributed by atoms with E-state index in [4.69, 9.17) is 5.73 Å². The minimum atomic E-state index is -0.366. The lowest BCUT2D eigenvalue weighted by Crippen LogP contribution is -2.40. The molecule has 0 spiro atoms. The van der Waals surface area contributed by atoms with Gasteiger partial charge in [-0.3, -0.25) is 15.0 Å². The zero-order chi connectivity index (χ0) is 15.4. The summed E-state index contributed by atoms with van der Waals surface area (Å²) in [6.07, 6.45) is 4.45. The van der Waals surface area contributed by atoms with Crippen molar-refractivity contribution in [3.63, 3.8) is 0 Å². The molecule has 1 aromatic carbocycles. The van der Waals surface area contributed by atoms with E-state index in [1.165, 1.54) is 0 Å². The number of hydrogen-bond donors (Lipinski definition) is 1. The number of nitro groups is 1. The number of nitro benzene ring substituents is 1. The van der Waals surface area contributed by atoms with E-state index in [1.54, 1.807) is 12.1 Å². The summed E-state index contributed by atoms with van der Waals surface area (Å²) in [7, 11) is 0. The highest BCUT2D eigenvalue weighted by atomic mass is 79.9. The predicted octanol–water partition coefficient (Wildman–Crippen LogP) is 3.45. The van der Waals surface area contributed by atoms with E-state index in [2.05, 4.69) is 27.8 Å². The maximum atomic E-state index is 10.8. The van der Waals surface area contributed by atoms with Crippen LogP contribution in [0.1, 0.15) is 38.2 Å². The van der Waals surface area contributed by atoms with E-state index in [1.807, 2.05) is 6.07 Å². The Morgan fingerprint density at radius 3 is 2.57 bits per heavy atom.